The van der Waals surface area contributed by atoms with E-state index >= 15 is 0 Å². The predicted octanol–water partition coefficient (Wildman–Crippen LogP) is 2.45. The van der Waals surface area contributed by atoms with E-state index < -0.39 is 0 Å². The van der Waals surface area contributed by atoms with Crippen LogP contribution in [-0.2, 0) is 4.74 Å². The van der Waals surface area contributed by atoms with Crippen LogP contribution in [0.4, 0.5) is 4.79 Å². The molecule has 0 heterocycles. The zero-order chi connectivity index (χ0) is 10.4. The van der Waals surface area contributed by atoms with Crippen molar-refractivity contribution in [2.75, 3.05) is 0 Å². The molecule has 1 N–H and O–H groups in total. The first kappa shape index (κ1) is 9.81. The molecule has 14 heavy (non-hydrogen) atoms. The van der Waals surface area contributed by atoms with Crippen molar-refractivity contribution in [3.8, 4) is 0 Å². The van der Waals surface area contributed by atoms with Crippen molar-refractivity contribution in [3.63, 3.8) is 0 Å². The van der Waals surface area contributed by atoms with Crippen molar-refractivity contribution in [3.05, 3.63) is 0 Å². The molecule has 2 aliphatic carbocycles. The first-order valence-electron chi connectivity index (χ1n) is 5.38. The van der Waals surface area contributed by atoms with Gasteiger partial charge in [-0.25, -0.2) is 4.79 Å². The highest BCUT2D eigenvalue weighted by Crippen LogP contribution is 2.60. The summed E-state index contributed by atoms with van der Waals surface area (Å²) in [4.78, 5) is 11.4. The summed E-state index contributed by atoms with van der Waals surface area (Å²) in [7, 11) is 0. The normalized spacial score (nSPS) is 24.2. The molecule has 0 aliphatic heterocycles. The van der Waals surface area contributed by atoms with Crippen LogP contribution < -0.4 is 5.32 Å². The highest BCUT2D eigenvalue weighted by atomic mass is 16.6. The maximum atomic E-state index is 11.4. The molecular weight excluding hydrogens is 178 g/mol. The van der Waals surface area contributed by atoms with E-state index in [2.05, 4.69) is 5.32 Å². The second-order valence-corrected chi connectivity index (χ2v) is 5.75. The van der Waals surface area contributed by atoms with Crippen molar-refractivity contribution in [2.45, 2.75) is 58.1 Å². The summed E-state index contributed by atoms with van der Waals surface area (Å²) in [5.74, 6) is 0. The Balaban J connectivity index is 1.68. The lowest BCUT2D eigenvalue weighted by Gasteiger charge is -2.36. The SMILES string of the molecule is CC(C)(C)OC(=O)NC1CC2(CC2)C1. The van der Waals surface area contributed by atoms with Gasteiger partial charge in [0, 0.05) is 6.04 Å². The molecule has 0 aromatic carbocycles. The minimum absolute atomic E-state index is 0.266. The van der Waals surface area contributed by atoms with Crippen LogP contribution in [-0.4, -0.2) is 17.7 Å². The summed E-state index contributed by atoms with van der Waals surface area (Å²) in [6.07, 6.45) is 4.77. The van der Waals surface area contributed by atoms with E-state index in [-0.39, 0.29) is 11.7 Å². The van der Waals surface area contributed by atoms with Gasteiger partial charge in [-0.3, -0.25) is 0 Å². The maximum Gasteiger partial charge on any atom is 0.407 e. The molecule has 0 radical (unpaired) electrons. The molecule has 2 fully saturated rings. The third-order valence-corrected chi connectivity index (χ3v) is 3.04. The first-order chi connectivity index (χ1) is 6.39. The monoisotopic (exact) mass is 197 g/mol. The number of carbonyl (C=O) groups is 1. The minimum atomic E-state index is -0.384. The second-order valence-electron chi connectivity index (χ2n) is 5.75. The number of amides is 1. The molecule has 0 unspecified atom stereocenters. The van der Waals surface area contributed by atoms with Crippen LogP contribution in [0.5, 0.6) is 0 Å². The number of ether oxygens (including phenoxy) is 1. The standard InChI is InChI=1S/C11H19NO2/c1-10(2,3)14-9(13)12-8-6-11(7-8)4-5-11/h8H,4-7H2,1-3H3,(H,12,13). The molecule has 0 bridgehead atoms. The highest BCUT2D eigenvalue weighted by molar-refractivity contribution is 5.68. The zero-order valence-electron chi connectivity index (χ0n) is 9.22. The highest BCUT2D eigenvalue weighted by Gasteiger charge is 2.53. The van der Waals surface area contributed by atoms with Crippen molar-refractivity contribution in [2.24, 2.45) is 5.41 Å². The largest absolute Gasteiger partial charge is 0.444 e. The lowest BCUT2D eigenvalue weighted by Crippen LogP contribution is -2.46. The van der Waals surface area contributed by atoms with Gasteiger partial charge in [-0.15, -0.1) is 0 Å². The van der Waals surface area contributed by atoms with Gasteiger partial charge in [0.2, 0.25) is 0 Å². The van der Waals surface area contributed by atoms with Crippen LogP contribution in [0.2, 0.25) is 0 Å². The van der Waals surface area contributed by atoms with Crippen molar-refractivity contribution in [1.29, 1.82) is 0 Å². The molecule has 1 spiro atoms. The summed E-state index contributed by atoms with van der Waals surface area (Å²) in [6, 6.07) is 0.368. The van der Waals surface area contributed by atoms with Gasteiger partial charge in [-0.05, 0) is 51.9 Å². The topological polar surface area (TPSA) is 38.3 Å². The number of rotatable bonds is 1. The summed E-state index contributed by atoms with van der Waals surface area (Å²) in [5.41, 5.74) is 0.255. The number of nitrogens with one attached hydrogen (secondary N) is 1. The van der Waals surface area contributed by atoms with Gasteiger partial charge in [0.1, 0.15) is 5.60 Å². The van der Waals surface area contributed by atoms with Crippen LogP contribution >= 0.6 is 0 Å². The van der Waals surface area contributed by atoms with Crippen LogP contribution in [0.1, 0.15) is 46.5 Å². The third-order valence-electron chi connectivity index (χ3n) is 3.04. The Labute approximate surface area is 85.2 Å². The van der Waals surface area contributed by atoms with E-state index in [1.165, 1.54) is 12.8 Å². The van der Waals surface area contributed by atoms with Gasteiger partial charge in [0.05, 0.1) is 0 Å². The first-order valence-corrected chi connectivity index (χ1v) is 5.38. The molecule has 1 amide bonds. The summed E-state index contributed by atoms with van der Waals surface area (Å²) >= 11 is 0. The molecule has 0 atom stereocenters. The third kappa shape index (κ3) is 2.20. The number of hydrogen-bond acceptors (Lipinski definition) is 2. The Morgan fingerprint density at radius 2 is 1.93 bits per heavy atom. The van der Waals surface area contributed by atoms with E-state index in [0.717, 1.165) is 12.8 Å². The minimum Gasteiger partial charge on any atom is -0.444 e. The molecule has 2 rings (SSSR count). The molecule has 2 aliphatic rings. The van der Waals surface area contributed by atoms with Gasteiger partial charge in [-0.2, -0.15) is 0 Å². The summed E-state index contributed by atoms with van der Waals surface area (Å²) in [5, 5.41) is 2.91. The van der Waals surface area contributed by atoms with E-state index in [0.29, 0.717) is 11.5 Å². The maximum absolute atomic E-state index is 11.4. The number of alkyl carbamates (subject to hydrolysis) is 1. The van der Waals surface area contributed by atoms with Crippen LogP contribution in [0.25, 0.3) is 0 Å². The van der Waals surface area contributed by atoms with Gasteiger partial charge >= 0.3 is 6.09 Å². The van der Waals surface area contributed by atoms with Crippen LogP contribution in [0.15, 0.2) is 0 Å². The molecule has 3 nitrogen and oxygen atoms in total. The van der Waals surface area contributed by atoms with Crippen molar-refractivity contribution in [1.82, 2.24) is 5.32 Å². The van der Waals surface area contributed by atoms with Gasteiger partial charge in [-0.1, -0.05) is 0 Å². The zero-order valence-corrected chi connectivity index (χ0v) is 9.22. The predicted molar refractivity (Wildman–Crippen MR) is 54.1 cm³/mol. The van der Waals surface area contributed by atoms with Gasteiger partial charge in [0.25, 0.3) is 0 Å². The van der Waals surface area contributed by atoms with Crippen LogP contribution in [0.3, 0.4) is 0 Å². The Kier molecular flexibility index (Phi) is 2.02. The molecule has 0 aromatic rings. The molecule has 0 saturated heterocycles. The molecule has 0 aromatic heterocycles. The number of hydrogen-bond donors (Lipinski definition) is 1. The van der Waals surface area contributed by atoms with Crippen LogP contribution in [0, 0.1) is 5.41 Å². The second kappa shape index (κ2) is 2.88. The average Bonchev–Trinajstić information content (AvgIpc) is 2.60. The molecule has 3 heteroatoms. The van der Waals surface area contributed by atoms with E-state index in [1.807, 2.05) is 20.8 Å². The van der Waals surface area contributed by atoms with Gasteiger partial charge in [0.15, 0.2) is 0 Å². The quantitative estimate of drug-likeness (QED) is 0.701. The fourth-order valence-electron chi connectivity index (χ4n) is 2.15. The van der Waals surface area contributed by atoms with Crippen molar-refractivity contribution >= 4 is 6.09 Å². The molecule has 2 saturated carbocycles. The molecular formula is C11H19NO2. The average molecular weight is 197 g/mol. The summed E-state index contributed by atoms with van der Waals surface area (Å²) in [6.45, 7) is 5.65. The fraction of sp³-hybridized carbons (Fsp3) is 0.909. The smallest absolute Gasteiger partial charge is 0.407 e. The Morgan fingerprint density at radius 3 is 2.36 bits per heavy atom. The van der Waals surface area contributed by atoms with E-state index in [1.54, 1.807) is 0 Å². The fourth-order valence-corrected chi connectivity index (χ4v) is 2.15. The lowest BCUT2D eigenvalue weighted by molar-refractivity contribution is 0.0441. The van der Waals surface area contributed by atoms with E-state index in [4.69, 9.17) is 4.74 Å². The lowest BCUT2D eigenvalue weighted by atomic mass is 9.77. The van der Waals surface area contributed by atoms with Crippen molar-refractivity contribution < 1.29 is 9.53 Å². The summed E-state index contributed by atoms with van der Waals surface area (Å²) < 4.78 is 5.18. The number of carbonyl (C=O) groups excluding carboxylic acids is 1. The Hall–Kier alpha value is -0.730. The van der Waals surface area contributed by atoms with E-state index in [9.17, 15) is 4.79 Å². The molecule has 80 valence electrons. The Morgan fingerprint density at radius 1 is 1.36 bits per heavy atom. The van der Waals surface area contributed by atoms with Gasteiger partial charge < -0.3 is 10.1 Å². The Bertz CT molecular complexity index is 243.